The van der Waals surface area contributed by atoms with Gasteiger partial charge >= 0.3 is 7.82 Å². The molecule has 2 rings (SSSR count). The summed E-state index contributed by atoms with van der Waals surface area (Å²) < 4.78 is 26.8. The minimum Gasteiger partial charge on any atom is -0.496 e. The van der Waals surface area contributed by atoms with Crippen LogP contribution in [0.2, 0.25) is 0 Å². The third-order valence-corrected chi connectivity index (χ3v) is 5.02. The Morgan fingerprint density at radius 3 is 2.25 bits per heavy atom. The average molecular weight is 475 g/mol. The second-order valence-electron chi connectivity index (χ2n) is 5.59. The van der Waals surface area contributed by atoms with Crippen LogP contribution in [0, 0.1) is 0 Å². The van der Waals surface area contributed by atoms with Gasteiger partial charge < -0.3 is 24.2 Å². The Morgan fingerprint density at radius 2 is 1.71 bits per heavy atom. The fraction of sp³-hybridized carbons (Fsp3) is 0.222. The zero-order chi connectivity index (χ0) is 20.9. The van der Waals surface area contributed by atoms with Crippen LogP contribution in [0.3, 0.4) is 0 Å². The van der Waals surface area contributed by atoms with Crippen molar-refractivity contribution in [3.8, 4) is 17.2 Å². The molecule has 0 atom stereocenters. The fourth-order valence-corrected chi connectivity index (χ4v) is 3.73. The largest absolute Gasteiger partial charge is 0.524 e. The second-order valence-corrected chi connectivity index (χ2v) is 7.55. The highest BCUT2D eigenvalue weighted by atomic mass is 79.9. The molecule has 0 aromatic heterocycles. The molecule has 0 saturated carbocycles. The predicted octanol–water partition coefficient (Wildman–Crippen LogP) is 3.09. The van der Waals surface area contributed by atoms with Gasteiger partial charge in [-0.1, -0.05) is 12.2 Å². The van der Waals surface area contributed by atoms with Crippen LogP contribution in [0.25, 0.3) is 12.2 Å². The summed E-state index contributed by atoms with van der Waals surface area (Å²) in [5, 5.41) is 19.0. The molecule has 0 spiro atoms. The van der Waals surface area contributed by atoms with Gasteiger partial charge in [0.05, 0.1) is 27.4 Å². The predicted molar refractivity (Wildman–Crippen MR) is 107 cm³/mol. The topological polar surface area (TPSA) is 126 Å². The first-order valence-corrected chi connectivity index (χ1v) is 10.3. The first-order chi connectivity index (χ1) is 13.2. The Hall–Kier alpha value is -1.87. The van der Waals surface area contributed by atoms with Crippen LogP contribution in [0.1, 0.15) is 22.3 Å². The first kappa shape index (κ1) is 22.4. The standard InChI is InChI=1S/C18H20BrO8P/c1-25-15-6-5-12(18(17(15)19)27-28(22,23)24)4-3-11-7-13(9-20)14(10-21)16(8-11)26-2/h3-8,20-21H,9-10H2,1-2H3,(H2,22,23,24)/b4-3-. The lowest BCUT2D eigenvalue weighted by molar-refractivity contribution is 0.254. The summed E-state index contributed by atoms with van der Waals surface area (Å²) in [6.07, 6.45) is 3.24. The highest BCUT2D eigenvalue weighted by Crippen LogP contribution is 2.46. The van der Waals surface area contributed by atoms with E-state index in [0.717, 1.165) is 0 Å². The molecule has 0 bridgehead atoms. The van der Waals surface area contributed by atoms with Crippen molar-refractivity contribution in [1.29, 1.82) is 0 Å². The summed E-state index contributed by atoms with van der Waals surface area (Å²) in [5.74, 6) is 0.679. The molecular weight excluding hydrogens is 455 g/mol. The van der Waals surface area contributed by atoms with Crippen LogP contribution in [-0.4, -0.2) is 34.2 Å². The van der Waals surface area contributed by atoms with Gasteiger partial charge in [0.2, 0.25) is 0 Å². The third-order valence-electron chi connectivity index (χ3n) is 3.85. The van der Waals surface area contributed by atoms with Crippen LogP contribution in [-0.2, 0) is 17.8 Å². The maximum Gasteiger partial charge on any atom is 0.524 e. The summed E-state index contributed by atoms with van der Waals surface area (Å²) in [4.78, 5) is 18.4. The molecule has 10 heteroatoms. The molecule has 2 aromatic rings. The maximum absolute atomic E-state index is 11.3. The molecule has 0 amide bonds. The number of benzene rings is 2. The lowest BCUT2D eigenvalue weighted by atomic mass is 10.0. The van der Waals surface area contributed by atoms with Gasteiger partial charge in [0.25, 0.3) is 0 Å². The number of aliphatic hydroxyl groups is 2. The van der Waals surface area contributed by atoms with Gasteiger partial charge in [-0.05, 0) is 51.3 Å². The lowest BCUT2D eigenvalue weighted by Gasteiger charge is -2.14. The maximum atomic E-state index is 11.3. The Kier molecular flexibility index (Phi) is 7.65. The number of phosphoric acid groups is 1. The Labute approximate surface area is 170 Å². The highest BCUT2D eigenvalue weighted by Gasteiger charge is 2.22. The molecule has 8 nitrogen and oxygen atoms in total. The Bertz CT molecular complexity index is 897. The zero-order valence-corrected chi connectivity index (χ0v) is 17.6. The van der Waals surface area contributed by atoms with Gasteiger partial charge in [-0.3, -0.25) is 9.79 Å². The summed E-state index contributed by atoms with van der Waals surface area (Å²) >= 11 is 3.23. The van der Waals surface area contributed by atoms with Crippen LogP contribution < -0.4 is 14.0 Å². The SMILES string of the molecule is COc1ccc(/C=C\c2cc(CO)c(CO)c(OC)c2)c(OP(=O)(O)O)c1Br. The summed E-state index contributed by atoms with van der Waals surface area (Å²) in [6.45, 7) is -0.566. The minimum atomic E-state index is -4.80. The normalized spacial score (nSPS) is 11.7. The van der Waals surface area contributed by atoms with Gasteiger partial charge in [0.1, 0.15) is 16.0 Å². The summed E-state index contributed by atoms with van der Waals surface area (Å²) in [5.41, 5.74) is 2.02. The molecule has 0 saturated heterocycles. The molecule has 0 aliphatic heterocycles. The molecule has 0 radical (unpaired) electrons. The number of phosphoric ester groups is 1. The number of aliphatic hydroxyl groups excluding tert-OH is 2. The van der Waals surface area contributed by atoms with Crippen molar-refractivity contribution >= 4 is 35.9 Å². The van der Waals surface area contributed by atoms with E-state index in [-0.39, 0.29) is 23.4 Å². The lowest BCUT2D eigenvalue weighted by Crippen LogP contribution is -1.99. The average Bonchev–Trinajstić information content (AvgIpc) is 2.66. The van der Waals surface area contributed by atoms with E-state index < -0.39 is 7.82 Å². The summed E-state index contributed by atoms with van der Waals surface area (Å²) in [7, 11) is -1.93. The third kappa shape index (κ3) is 5.35. The molecule has 2 aromatic carbocycles. The Morgan fingerprint density at radius 1 is 1.04 bits per heavy atom. The van der Waals surface area contributed by atoms with Crippen LogP contribution in [0.4, 0.5) is 0 Å². The zero-order valence-electron chi connectivity index (χ0n) is 15.1. The van der Waals surface area contributed by atoms with Crippen molar-refractivity contribution < 1.29 is 38.6 Å². The Balaban J connectivity index is 2.52. The molecule has 0 heterocycles. The van der Waals surface area contributed by atoms with Gasteiger partial charge in [0, 0.05) is 11.1 Å². The first-order valence-electron chi connectivity index (χ1n) is 7.95. The number of ether oxygens (including phenoxy) is 2. The van der Waals surface area contributed by atoms with Crippen molar-refractivity contribution in [3.05, 3.63) is 51.0 Å². The quantitative estimate of drug-likeness (QED) is 0.339. The van der Waals surface area contributed by atoms with E-state index in [9.17, 15) is 24.6 Å². The van der Waals surface area contributed by atoms with Crippen LogP contribution >= 0.6 is 23.8 Å². The van der Waals surface area contributed by atoms with Gasteiger partial charge in [0.15, 0.2) is 5.75 Å². The smallest absolute Gasteiger partial charge is 0.496 e. The van der Waals surface area contributed by atoms with E-state index >= 15 is 0 Å². The minimum absolute atomic E-state index is 0.0785. The van der Waals surface area contributed by atoms with Crippen molar-refractivity contribution in [2.24, 2.45) is 0 Å². The van der Waals surface area contributed by atoms with Gasteiger partial charge in [-0.15, -0.1) is 0 Å². The molecule has 0 unspecified atom stereocenters. The van der Waals surface area contributed by atoms with Crippen molar-refractivity contribution in [1.82, 2.24) is 0 Å². The van der Waals surface area contributed by atoms with E-state index in [1.807, 2.05) is 0 Å². The highest BCUT2D eigenvalue weighted by molar-refractivity contribution is 9.10. The van der Waals surface area contributed by atoms with Crippen LogP contribution in [0.15, 0.2) is 28.7 Å². The number of hydrogen-bond acceptors (Lipinski definition) is 6. The summed E-state index contributed by atoms with van der Waals surface area (Å²) in [6, 6.07) is 6.54. The van der Waals surface area contributed by atoms with E-state index in [4.69, 9.17) is 14.0 Å². The number of hydrogen-bond donors (Lipinski definition) is 4. The van der Waals surface area contributed by atoms with Crippen LogP contribution in [0.5, 0.6) is 17.2 Å². The van der Waals surface area contributed by atoms with E-state index in [2.05, 4.69) is 15.9 Å². The molecule has 4 N–H and O–H groups in total. The number of methoxy groups -OCH3 is 2. The second kappa shape index (κ2) is 9.56. The van der Waals surface area contributed by atoms with E-state index in [1.165, 1.54) is 14.2 Å². The van der Waals surface area contributed by atoms with E-state index in [0.29, 0.717) is 33.8 Å². The molecule has 0 aliphatic carbocycles. The monoisotopic (exact) mass is 474 g/mol. The molecular formula is C18H20BrO8P. The number of rotatable bonds is 8. The van der Waals surface area contributed by atoms with Crippen molar-refractivity contribution in [3.63, 3.8) is 0 Å². The van der Waals surface area contributed by atoms with Crippen molar-refractivity contribution in [2.75, 3.05) is 14.2 Å². The van der Waals surface area contributed by atoms with E-state index in [1.54, 1.807) is 36.4 Å². The van der Waals surface area contributed by atoms with Gasteiger partial charge in [-0.2, -0.15) is 0 Å². The fourth-order valence-electron chi connectivity index (χ4n) is 2.57. The molecule has 0 aliphatic rings. The molecule has 152 valence electrons. The van der Waals surface area contributed by atoms with Crippen molar-refractivity contribution in [2.45, 2.75) is 13.2 Å². The van der Waals surface area contributed by atoms with Gasteiger partial charge in [-0.25, -0.2) is 4.57 Å². The molecule has 28 heavy (non-hydrogen) atoms. The molecule has 0 fully saturated rings. The number of halogens is 1.